The van der Waals surface area contributed by atoms with Gasteiger partial charge >= 0.3 is 12.3 Å². The molecule has 9 heteroatoms. The number of anilines is 1. The fourth-order valence-electron chi connectivity index (χ4n) is 2.55. The molecule has 1 N–H and O–H groups in total. The second-order valence-corrected chi connectivity index (χ2v) is 7.31. The Hall–Kier alpha value is -1.70. The van der Waals surface area contributed by atoms with Gasteiger partial charge in [-0.3, -0.25) is 0 Å². The third-order valence-electron chi connectivity index (χ3n) is 3.68. The van der Waals surface area contributed by atoms with Crippen molar-refractivity contribution < 1.29 is 22.7 Å². The zero-order valence-electron chi connectivity index (χ0n) is 14.3. The van der Waals surface area contributed by atoms with Crippen molar-refractivity contribution in [3.8, 4) is 0 Å². The van der Waals surface area contributed by atoms with E-state index in [0.29, 0.717) is 13.1 Å². The normalized spacial score (nSPS) is 18.4. The van der Waals surface area contributed by atoms with E-state index in [1.54, 1.807) is 25.7 Å². The average Bonchev–Trinajstić information content (AvgIpc) is 2.91. The fraction of sp³-hybridized carbons (Fsp3) is 0.625. The van der Waals surface area contributed by atoms with Crippen molar-refractivity contribution in [1.82, 2.24) is 9.88 Å². The minimum absolute atomic E-state index is 0.114. The van der Waals surface area contributed by atoms with Crippen LogP contribution in [-0.2, 0) is 10.9 Å². The zero-order chi connectivity index (χ0) is 18.8. The highest BCUT2D eigenvalue weighted by Crippen LogP contribution is 2.32. The summed E-state index contributed by atoms with van der Waals surface area (Å²) >= 11 is 5.88. The van der Waals surface area contributed by atoms with Crippen molar-refractivity contribution in [1.29, 1.82) is 0 Å². The monoisotopic (exact) mass is 379 g/mol. The number of likely N-dealkylation sites (tertiary alicyclic amines) is 1. The molecule has 1 aromatic rings. The van der Waals surface area contributed by atoms with E-state index >= 15 is 0 Å². The van der Waals surface area contributed by atoms with E-state index in [2.05, 4.69) is 10.3 Å². The molecule has 0 aliphatic carbocycles. The van der Waals surface area contributed by atoms with E-state index in [-0.39, 0.29) is 16.9 Å². The number of aromatic nitrogens is 1. The number of alkyl halides is 3. The Balaban J connectivity index is 1.99. The Morgan fingerprint density at radius 1 is 1.44 bits per heavy atom. The Bertz CT molecular complexity index is 632. The second kappa shape index (κ2) is 7.27. The quantitative estimate of drug-likeness (QED) is 0.836. The molecule has 0 saturated carbocycles. The van der Waals surface area contributed by atoms with Crippen LogP contribution < -0.4 is 5.32 Å². The maximum atomic E-state index is 12.6. The smallest absolute Gasteiger partial charge is 0.417 e. The summed E-state index contributed by atoms with van der Waals surface area (Å²) in [5, 5.41) is 2.81. The molecule has 2 rings (SSSR count). The molecular formula is C16H21ClF3N3O2. The summed E-state index contributed by atoms with van der Waals surface area (Å²) < 4.78 is 43.3. The van der Waals surface area contributed by atoms with Crippen LogP contribution in [0.3, 0.4) is 0 Å². The van der Waals surface area contributed by atoms with Crippen LogP contribution in [0.2, 0.25) is 5.02 Å². The predicted octanol–water partition coefficient (Wildman–Crippen LogP) is 4.57. The van der Waals surface area contributed by atoms with Crippen LogP contribution >= 0.6 is 11.6 Å². The Kier molecular flexibility index (Phi) is 5.71. The van der Waals surface area contributed by atoms with Crippen molar-refractivity contribution in [2.24, 2.45) is 0 Å². The number of pyridine rings is 1. The highest BCUT2D eigenvalue weighted by atomic mass is 35.5. The van der Waals surface area contributed by atoms with Gasteiger partial charge in [-0.2, -0.15) is 13.2 Å². The number of amides is 1. The number of carbonyl (C=O) groups excluding carboxylic acids is 1. The molecule has 0 aromatic carbocycles. The molecule has 1 fully saturated rings. The van der Waals surface area contributed by atoms with Crippen molar-refractivity contribution in [2.45, 2.75) is 51.4 Å². The van der Waals surface area contributed by atoms with Gasteiger partial charge in [-0.15, -0.1) is 0 Å². The van der Waals surface area contributed by atoms with Crippen LogP contribution in [0.25, 0.3) is 0 Å². The van der Waals surface area contributed by atoms with E-state index in [4.69, 9.17) is 16.3 Å². The van der Waals surface area contributed by atoms with Gasteiger partial charge in [-0.05, 0) is 39.7 Å². The maximum absolute atomic E-state index is 12.6. The van der Waals surface area contributed by atoms with Crippen LogP contribution in [-0.4, -0.2) is 40.7 Å². The molecule has 140 valence electrons. The van der Waals surface area contributed by atoms with Gasteiger partial charge in [0.25, 0.3) is 0 Å². The Morgan fingerprint density at radius 3 is 2.68 bits per heavy atom. The van der Waals surface area contributed by atoms with Crippen molar-refractivity contribution >= 4 is 23.5 Å². The van der Waals surface area contributed by atoms with Crippen LogP contribution in [0.4, 0.5) is 23.8 Å². The molecule has 5 nitrogen and oxygen atoms in total. The first-order valence-electron chi connectivity index (χ1n) is 7.93. The molecule has 1 unspecified atom stereocenters. The Morgan fingerprint density at radius 2 is 2.12 bits per heavy atom. The lowest BCUT2D eigenvalue weighted by atomic mass is 10.2. The summed E-state index contributed by atoms with van der Waals surface area (Å²) in [7, 11) is 0. The summed E-state index contributed by atoms with van der Waals surface area (Å²) in [5.41, 5.74) is -1.49. The maximum Gasteiger partial charge on any atom is 0.417 e. The number of nitrogens with zero attached hydrogens (tertiary/aromatic N) is 2. The molecule has 2 heterocycles. The average molecular weight is 380 g/mol. The molecule has 1 saturated heterocycles. The minimum atomic E-state index is -4.49. The third-order valence-corrected chi connectivity index (χ3v) is 3.97. The van der Waals surface area contributed by atoms with Gasteiger partial charge < -0.3 is 15.0 Å². The lowest BCUT2D eigenvalue weighted by Gasteiger charge is -2.28. The number of hydrogen-bond acceptors (Lipinski definition) is 4. The van der Waals surface area contributed by atoms with E-state index in [0.717, 1.165) is 25.1 Å². The van der Waals surface area contributed by atoms with Crippen LogP contribution in [0.5, 0.6) is 0 Å². The number of nitrogens with one attached hydrogen (secondary N) is 1. The molecule has 0 bridgehead atoms. The van der Waals surface area contributed by atoms with Crippen molar-refractivity contribution in [3.05, 3.63) is 22.8 Å². The van der Waals surface area contributed by atoms with Gasteiger partial charge in [0.15, 0.2) is 0 Å². The molecule has 1 aromatic heterocycles. The first-order chi connectivity index (χ1) is 11.5. The second-order valence-electron chi connectivity index (χ2n) is 6.90. The standard InChI is InChI=1S/C16H21ClF3N3O2/c1-15(2,3)25-14(24)23-6-4-5-11(23)9-22-13-12(17)7-10(8-21-13)16(18,19)20/h7-8,11H,4-6,9H2,1-3H3,(H,21,22). The number of halogens is 4. The summed E-state index contributed by atoms with van der Waals surface area (Å²) in [6.07, 6.45) is -2.56. The molecule has 1 aliphatic heterocycles. The number of hydrogen-bond donors (Lipinski definition) is 1. The third kappa shape index (κ3) is 5.39. The number of rotatable bonds is 3. The number of carbonyl (C=O) groups is 1. The largest absolute Gasteiger partial charge is 0.444 e. The van der Waals surface area contributed by atoms with E-state index in [1.807, 2.05) is 0 Å². The summed E-state index contributed by atoms with van der Waals surface area (Å²) in [6, 6.07) is 0.701. The van der Waals surface area contributed by atoms with Crippen LogP contribution in [0, 0.1) is 0 Å². The van der Waals surface area contributed by atoms with Crippen molar-refractivity contribution in [2.75, 3.05) is 18.4 Å². The lowest BCUT2D eigenvalue weighted by molar-refractivity contribution is -0.137. The Labute approximate surface area is 149 Å². The number of ether oxygens (including phenoxy) is 1. The molecule has 1 amide bonds. The van der Waals surface area contributed by atoms with Gasteiger partial charge in [0, 0.05) is 19.3 Å². The molecule has 1 atom stereocenters. The van der Waals surface area contributed by atoms with E-state index < -0.39 is 23.4 Å². The minimum Gasteiger partial charge on any atom is -0.444 e. The SMILES string of the molecule is CC(C)(C)OC(=O)N1CCCC1CNc1ncc(C(F)(F)F)cc1Cl. The van der Waals surface area contributed by atoms with E-state index in [9.17, 15) is 18.0 Å². The van der Waals surface area contributed by atoms with Crippen LogP contribution in [0.15, 0.2) is 12.3 Å². The van der Waals surface area contributed by atoms with Gasteiger partial charge in [-0.1, -0.05) is 11.6 Å². The first-order valence-corrected chi connectivity index (χ1v) is 8.31. The highest BCUT2D eigenvalue weighted by molar-refractivity contribution is 6.32. The zero-order valence-corrected chi connectivity index (χ0v) is 15.0. The van der Waals surface area contributed by atoms with Crippen molar-refractivity contribution in [3.63, 3.8) is 0 Å². The fourth-order valence-corrected chi connectivity index (χ4v) is 2.78. The lowest BCUT2D eigenvalue weighted by Crippen LogP contribution is -2.42. The molecule has 0 spiro atoms. The summed E-state index contributed by atoms with van der Waals surface area (Å²) in [4.78, 5) is 17.6. The summed E-state index contributed by atoms with van der Waals surface area (Å²) in [6.45, 7) is 6.28. The molecule has 0 radical (unpaired) electrons. The first kappa shape index (κ1) is 19.6. The highest BCUT2D eigenvalue weighted by Gasteiger charge is 2.33. The van der Waals surface area contributed by atoms with Gasteiger partial charge in [-0.25, -0.2) is 9.78 Å². The van der Waals surface area contributed by atoms with Gasteiger partial charge in [0.2, 0.25) is 0 Å². The molecular weight excluding hydrogens is 359 g/mol. The van der Waals surface area contributed by atoms with E-state index in [1.165, 1.54) is 0 Å². The topological polar surface area (TPSA) is 54.5 Å². The van der Waals surface area contributed by atoms with Crippen LogP contribution in [0.1, 0.15) is 39.2 Å². The van der Waals surface area contributed by atoms with Gasteiger partial charge in [0.1, 0.15) is 11.4 Å². The van der Waals surface area contributed by atoms with Gasteiger partial charge in [0.05, 0.1) is 16.6 Å². The predicted molar refractivity (Wildman–Crippen MR) is 88.7 cm³/mol. The molecule has 25 heavy (non-hydrogen) atoms. The molecule has 1 aliphatic rings. The summed E-state index contributed by atoms with van der Waals surface area (Å²) in [5.74, 6) is 0.158.